The smallest absolute Gasteiger partial charge is 0.136 e. The topological polar surface area (TPSA) is 13.1 Å². The third-order valence-corrected chi connectivity index (χ3v) is 10.2. The van der Waals surface area contributed by atoms with Crippen LogP contribution in [-0.4, -0.2) is 0 Å². The Morgan fingerprint density at radius 2 is 0.976 bits per heavy atom. The molecule has 2 heteroatoms. The zero-order valence-electron chi connectivity index (χ0n) is 22.5. The molecule has 0 saturated carbocycles. The van der Waals surface area contributed by atoms with E-state index in [1.165, 1.54) is 86.2 Å². The van der Waals surface area contributed by atoms with Crippen LogP contribution in [0.2, 0.25) is 0 Å². The quantitative estimate of drug-likeness (QED) is 0.213. The number of fused-ring (bicyclic) bond motifs is 1. The highest BCUT2D eigenvalue weighted by atomic mass is 32.1. The predicted molar refractivity (Wildman–Crippen MR) is 179 cm³/mol. The van der Waals surface area contributed by atoms with Crippen molar-refractivity contribution >= 4 is 64.2 Å². The van der Waals surface area contributed by atoms with Crippen LogP contribution in [0.25, 0.3) is 97.4 Å². The molecule has 1 nitrogen and oxygen atoms in total. The molecule has 194 valence electrons. The Morgan fingerprint density at radius 3 is 1.81 bits per heavy atom. The highest BCUT2D eigenvalue weighted by molar-refractivity contribution is 7.26. The fourth-order valence-corrected chi connectivity index (χ4v) is 8.45. The molecule has 0 aliphatic heterocycles. The van der Waals surface area contributed by atoms with Crippen molar-refractivity contribution in [3.63, 3.8) is 0 Å². The Hall–Kier alpha value is -5.18. The largest absolute Gasteiger partial charge is 0.456 e. The van der Waals surface area contributed by atoms with Crippen molar-refractivity contribution in [2.75, 3.05) is 0 Å². The Labute approximate surface area is 245 Å². The average Bonchev–Trinajstić information content (AvgIpc) is 3.59. The van der Waals surface area contributed by atoms with Gasteiger partial charge in [0, 0.05) is 36.3 Å². The number of furan rings is 1. The van der Waals surface area contributed by atoms with Gasteiger partial charge in [0.25, 0.3) is 0 Å². The lowest BCUT2D eigenvalue weighted by molar-refractivity contribution is 0.669. The van der Waals surface area contributed by atoms with Gasteiger partial charge in [0.1, 0.15) is 11.2 Å². The Balaban J connectivity index is 1.38. The number of thiophene rings is 1. The third-order valence-electron chi connectivity index (χ3n) is 9.03. The van der Waals surface area contributed by atoms with Gasteiger partial charge >= 0.3 is 0 Å². The van der Waals surface area contributed by atoms with E-state index in [4.69, 9.17) is 4.42 Å². The Morgan fingerprint density at radius 1 is 0.357 bits per heavy atom. The van der Waals surface area contributed by atoms with Gasteiger partial charge in [-0.1, -0.05) is 109 Å². The van der Waals surface area contributed by atoms with Gasteiger partial charge < -0.3 is 4.42 Å². The second-order valence-corrected chi connectivity index (χ2v) is 12.3. The third kappa shape index (κ3) is 2.87. The van der Waals surface area contributed by atoms with Crippen molar-refractivity contribution in [1.82, 2.24) is 0 Å². The zero-order valence-corrected chi connectivity index (χ0v) is 23.3. The van der Waals surface area contributed by atoms with Gasteiger partial charge in [0.15, 0.2) is 0 Å². The van der Waals surface area contributed by atoms with E-state index in [1.54, 1.807) is 0 Å². The predicted octanol–water partition coefficient (Wildman–Crippen LogP) is 12.1. The van der Waals surface area contributed by atoms with Crippen LogP contribution in [0.5, 0.6) is 0 Å². The highest BCUT2D eigenvalue weighted by Gasteiger charge is 2.27. The maximum absolute atomic E-state index is 6.50. The molecule has 9 aromatic rings. The molecule has 0 atom stereocenters. The normalized spacial score (nSPS) is 12.3. The molecule has 0 saturated heterocycles. The van der Waals surface area contributed by atoms with Crippen LogP contribution in [0.3, 0.4) is 0 Å². The molecule has 1 aliphatic carbocycles. The minimum atomic E-state index is 0.950. The first-order valence-electron chi connectivity index (χ1n) is 14.4. The summed E-state index contributed by atoms with van der Waals surface area (Å²) in [5, 5.41) is 7.77. The van der Waals surface area contributed by atoms with E-state index in [0.29, 0.717) is 0 Å². The van der Waals surface area contributed by atoms with Crippen LogP contribution in [0.1, 0.15) is 0 Å². The van der Waals surface area contributed by atoms with E-state index in [0.717, 1.165) is 11.2 Å². The monoisotopic (exact) mass is 550 g/mol. The lowest BCUT2D eigenvalue weighted by atomic mass is 9.85. The fraction of sp³-hybridized carbons (Fsp3) is 0. The molecule has 42 heavy (non-hydrogen) atoms. The summed E-state index contributed by atoms with van der Waals surface area (Å²) in [5.41, 5.74) is 11.9. The lowest BCUT2D eigenvalue weighted by Gasteiger charge is -2.18. The summed E-state index contributed by atoms with van der Waals surface area (Å²) >= 11 is 1.89. The van der Waals surface area contributed by atoms with Crippen LogP contribution in [0.15, 0.2) is 138 Å². The van der Waals surface area contributed by atoms with Gasteiger partial charge in [-0.05, 0) is 74.2 Å². The molecule has 7 aromatic carbocycles. The van der Waals surface area contributed by atoms with Crippen LogP contribution >= 0.6 is 11.3 Å². The summed E-state index contributed by atoms with van der Waals surface area (Å²) in [6, 6.07) is 48.6. The van der Waals surface area contributed by atoms with Crippen molar-refractivity contribution in [2.45, 2.75) is 0 Å². The standard InChI is InChI=1S/C40H22OS/c1-2-9-23(10-3-1)25-11-4-5-12-26(25)27-13-6-7-14-28(27)29-19-22-34-40-36(29)30-15-8-16-31-37(30)38-32(41-31)20-17-24-18-21-33(42-34)39(40)35(24)38/h1-22H. The number of benzene rings is 7. The first-order valence-corrected chi connectivity index (χ1v) is 15.2. The molecule has 2 aromatic heterocycles. The van der Waals surface area contributed by atoms with E-state index in [-0.39, 0.29) is 0 Å². The van der Waals surface area contributed by atoms with Crippen LogP contribution in [0.4, 0.5) is 0 Å². The van der Waals surface area contributed by atoms with E-state index < -0.39 is 0 Å². The maximum atomic E-state index is 6.50. The molecule has 0 bridgehead atoms. The summed E-state index contributed by atoms with van der Waals surface area (Å²) in [5.74, 6) is 0. The second-order valence-electron chi connectivity index (χ2n) is 11.2. The molecule has 0 unspecified atom stereocenters. The number of hydrogen-bond donors (Lipinski definition) is 0. The van der Waals surface area contributed by atoms with Crippen LogP contribution < -0.4 is 0 Å². The minimum absolute atomic E-state index is 0.950. The minimum Gasteiger partial charge on any atom is -0.456 e. The Kier molecular flexibility index (Phi) is 4.39. The summed E-state index contributed by atoms with van der Waals surface area (Å²) in [6.45, 7) is 0. The van der Waals surface area contributed by atoms with Gasteiger partial charge in [0.05, 0.1) is 0 Å². The SMILES string of the molecule is c1ccc(-c2ccccc2-c2ccccc2-c2ccc3sc4ccc5ccc6oc7cccc8c7c6c5c4c3c2-8)cc1. The molecule has 0 amide bonds. The zero-order chi connectivity index (χ0) is 27.4. The van der Waals surface area contributed by atoms with E-state index in [2.05, 4.69) is 133 Å². The summed E-state index contributed by atoms with van der Waals surface area (Å²) in [4.78, 5) is 0. The average molecular weight is 551 g/mol. The second kappa shape index (κ2) is 8.19. The fourth-order valence-electron chi connectivity index (χ4n) is 7.33. The van der Waals surface area contributed by atoms with E-state index >= 15 is 0 Å². The van der Waals surface area contributed by atoms with Crippen molar-refractivity contribution in [3.8, 4) is 44.5 Å². The highest BCUT2D eigenvalue weighted by Crippen LogP contribution is 2.54. The van der Waals surface area contributed by atoms with Gasteiger partial charge in [-0.2, -0.15) is 0 Å². The molecule has 10 rings (SSSR count). The molecule has 1 aliphatic rings. The summed E-state index contributed by atoms with van der Waals surface area (Å²) in [6.07, 6.45) is 0. The van der Waals surface area contributed by atoms with E-state index in [9.17, 15) is 0 Å². The van der Waals surface area contributed by atoms with Crippen molar-refractivity contribution < 1.29 is 4.42 Å². The van der Waals surface area contributed by atoms with Crippen molar-refractivity contribution in [2.24, 2.45) is 0 Å². The molecular weight excluding hydrogens is 529 g/mol. The first-order chi connectivity index (χ1) is 20.8. The van der Waals surface area contributed by atoms with Crippen LogP contribution in [0, 0.1) is 0 Å². The molecule has 0 spiro atoms. The van der Waals surface area contributed by atoms with Gasteiger partial charge in [-0.3, -0.25) is 0 Å². The molecule has 2 heterocycles. The molecular formula is C40H22OS. The van der Waals surface area contributed by atoms with Gasteiger partial charge in [-0.25, -0.2) is 0 Å². The molecule has 0 fully saturated rings. The lowest BCUT2D eigenvalue weighted by Crippen LogP contribution is -1.92. The molecule has 0 N–H and O–H groups in total. The van der Waals surface area contributed by atoms with E-state index in [1.807, 2.05) is 11.3 Å². The number of rotatable bonds is 3. The number of hydrogen-bond acceptors (Lipinski definition) is 2. The van der Waals surface area contributed by atoms with Crippen LogP contribution in [-0.2, 0) is 0 Å². The maximum Gasteiger partial charge on any atom is 0.136 e. The van der Waals surface area contributed by atoms with Crippen molar-refractivity contribution in [3.05, 3.63) is 133 Å². The summed E-state index contributed by atoms with van der Waals surface area (Å²) < 4.78 is 9.15. The Bertz CT molecular complexity index is 2560. The van der Waals surface area contributed by atoms with Crippen molar-refractivity contribution in [1.29, 1.82) is 0 Å². The summed E-state index contributed by atoms with van der Waals surface area (Å²) in [7, 11) is 0. The van der Waals surface area contributed by atoms with Gasteiger partial charge in [0.2, 0.25) is 0 Å². The van der Waals surface area contributed by atoms with Gasteiger partial charge in [-0.15, -0.1) is 11.3 Å². The first kappa shape index (κ1) is 22.5. The molecule has 0 radical (unpaired) electrons.